The first-order valence-corrected chi connectivity index (χ1v) is 17.8. The van der Waals surface area contributed by atoms with Gasteiger partial charge in [-0.05, 0) is 105 Å². The van der Waals surface area contributed by atoms with E-state index in [-0.39, 0.29) is 0 Å². The zero-order valence-corrected chi connectivity index (χ0v) is 28.2. The van der Waals surface area contributed by atoms with Crippen LogP contribution in [0.5, 0.6) is 0 Å². The van der Waals surface area contributed by atoms with E-state index in [1.807, 2.05) is 11.3 Å². The molecule has 0 saturated carbocycles. The smallest absolute Gasteiger partial charge is 0.0476 e. The van der Waals surface area contributed by atoms with Gasteiger partial charge in [-0.3, -0.25) is 0 Å². The fourth-order valence-electron chi connectivity index (χ4n) is 6.93. The molecular weight excluding hydrogens is 623 g/mol. The van der Waals surface area contributed by atoms with Gasteiger partial charge in [0.2, 0.25) is 0 Å². The van der Waals surface area contributed by atoms with Crippen LogP contribution in [0.4, 0.5) is 17.1 Å². The Morgan fingerprint density at radius 3 is 1.16 bits per heavy atom. The standard InChI is InChI=1S/C48H33NS/c1-4-12-34(13-5-1)37-20-24-42(25-21-37)49(44-28-29-46-45-18-10-11-19-47(45)50-48(46)33-44)43-26-22-38(23-27-43)41-31-39(35-14-6-2-7-15-35)30-40(32-41)36-16-8-3-9-17-36/h1-33H. The number of benzene rings is 8. The summed E-state index contributed by atoms with van der Waals surface area (Å²) in [6.45, 7) is 0. The van der Waals surface area contributed by atoms with E-state index in [1.165, 1.54) is 64.7 Å². The van der Waals surface area contributed by atoms with Crippen LogP contribution >= 0.6 is 11.3 Å². The summed E-state index contributed by atoms with van der Waals surface area (Å²) in [5, 5.41) is 2.62. The van der Waals surface area contributed by atoms with Crippen LogP contribution in [0.3, 0.4) is 0 Å². The summed E-state index contributed by atoms with van der Waals surface area (Å²) in [5.74, 6) is 0. The summed E-state index contributed by atoms with van der Waals surface area (Å²) in [5.41, 5.74) is 13.0. The molecule has 2 heteroatoms. The van der Waals surface area contributed by atoms with Crippen molar-refractivity contribution in [1.82, 2.24) is 0 Å². The summed E-state index contributed by atoms with van der Waals surface area (Å²) in [6, 6.07) is 72.4. The fourth-order valence-corrected chi connectivity index (χ4v) is 8.07. The monoisotopic (exact) mass is 655 g/mol. The van der Waals surface area contributed by atoms with Crippen LogP contribution in [0.25, 0.3) is 64.7 Å². The highest BCUT2D eigenvalue weighted by Crippen LogP contribution is 2.42. The van der Waals surface area contributed by atoms with E-state index in [9.17, 15) is 0 Å². The fraction of sp³-hybridized carbons (Fsp3) is 0. The van der Waals surface area contributed by atoms with Gasteiger partial charge in [-0.25, -0.2) is 0 Å². The molecule has 0 spiro atoms. The molecule has 0 fully saturated rings. The van der Waals surface area contributed by atoms with Gasteiger partial charge in [0.1, 0.15) is 0 Å². The number of rotatable bonds is 7. The molecule has 0 saturated heterocycles. The van der Waals surface area contributed by atoms with Crippen LogP contribution in [0.1, 0.15) is 0 Å². The Morgan fingerprint density at radius 2 is 0.640 bits per heavy atom. The Labute approximate surface area is 297 Å². The lowest BCUT2D eigenvalue weighted by molar-refractivity contribution is 1.29. The van der Waals surface area contributed by atoms with Gasteiger partial charge < -0.3 is 4.90 Å². The van der Waals surface area contributed by atoms with Crippen molar-refractivity contribution in [3.8, 4) is 44.5 Å². The van der Waals surface area contributed by atoms with Gasteiger partial charge in [-0.1, -0.05) is 140 Å². The maximum atomic E-state index is 2.37. The van der Waals surface area contributed by atoms with Crippen LogP contribution in [-0.2, 0) is 0 Å². The first kappa shape index (κ1) is 29.9. The van der Waals surface area contributed by atoms with E-state index in [2.05, 4.69) is 205 Å². The second kappa shape index (κ2) is 13.0. The van der Waals surface area contributed by atoms with Crippen LogP contribution in [0.15, 0.2) is 200 Å². The molecule has 1 nitrogen and oxygen atoms in total. The Kier molecular flexibility index (Phi) is 7.77. The zero-order chi connectivity index (χ0) is 33.3. The molecule has 0 radical (unpaired) electrons. The topological polar surface area (TPSA) is 3.24 Å². The molecule has 0 bridgehead atoms. The molecule has 0 unspecified atom stereocenters. The number of anilines is 3. The third-order valence-electron chi connectivity index (χ3n) is 9.46. The highest BCUT2D eigenvalue weighted by atomic mass is 32.1. The summed E-state index contributed by atoms with van der Waals surface area (Å²) < 4.78 is 2.60. The zero-order valence-electron chi connectivity index (χ0n) is 27.4. The maximum absolute atomic E-state index is 2.37. The predicted octanol–water partition coefficient (Wildman–Crippen LogP) is 14.2. The van der Waals surface area contributed by atoms with Crippen LogP contribution in [0, 0.1) is 0 Å². The molecule has 9 rings (SSSR count). The Hall–Kier alpha value is -6.22. The van der Waals surface area contributed by atoms with E-state index in [1.54, 1.807) is 0 Å². The Morgan fingerprint density at radius 1 is 0.260 bits per heavy atom. The van der Waals surface area contributed by atoms with Gasteiger partial charge >= 0.3 is 0 Å². The molecule has 0 aliphatic heterocycles. The van der Waals surface area contributed by atoms with E-state index < -0.39 is 0 Å². The number of hydrogen-bond acceptors (Lipinski definition) is 2. The molecule has 0 atom stereocenters. The number of thiophene rings is 1. The molecule has 50 heavy (non-hydrogen) atoms. The molecule has 0 aliphatic rings. The van der Waals surface area contributed by atoms with Crippen LogP contribution in [-0.4, -0.2) is 0 Å². The average Bonchev–Trinajstić information content (AvgIpc) is 3.57. The summed E-state index contributed by atoms with van der Waals surface area (Å²) in [4.78, 5) is 2.37. The first-order valence-electron chi connectivity index (χ1n) is 17.0. The van der Waals surface area contributed by atoms with Crippen molar-refractivity contribution in [3.63, 3.8) is 0 Å². The van der Waals surface area contributed by atoms with Crippen molar-refractivity contribution >= 4 is 48.6 Å². The lowest BCUT2D eigenvalue weighted by Crippen LogP contribution is -2.09. The minimum Gasteiger partial charge on any atom is -0.310 e. The summed E-state index contributed by atoms with van der Waals surface area (Å²) >= 11 is 1.86. The Balaban J connectivity index is 1.14. The molecule has 0 amide bonds. The van der Waals surface area contributed by atoms with Crippen LogP contribution in [0.2, 0.25) is 0 Å². The van der Waals surface area contributed by atoms with Gasteiger partial charge in [-0.2, -0.15) is 0 Å². The third kappa shape index (κ3) is 5.77. The van der Waals surface area contributed by atoms with Gasteiger partial charge in [0, 0.05) is 37.2 Å². The lowest BCUT2D eigenvalue weighted by Gasteiger charge is -2.26. The highest BCUT2D eigenvalue weighted by molar-refractivity contribution is 7.25. The molecule has 8 aromatic carbocycles. The first-order chi connectivity index (χ1) is 24.8. The summed E-state index contributed by atoms with van der Waals surface area (Å²) in [6.07, 6.45) is 0. The van der Waals surface area contributed by atoms with Crippen molar-refractivity contribution in [1.29, 1.82) is 0 Å². The minimum absolute atomic E-state index is 1.11. The predicted molar refractivity (Wildman–Crippen MR) is 216 cm³/mol. The van der Waals surface area contributed by atoms with Gasteiger partial charge in [0.05, 0.1) is 0 Å². The van der Waals surface area contributed by atoms with Crippen molar-refractivity contribution in [2.75, 3.05) is 4.90 Å². The second-order valence-electron chi connectivity index (χ2n) is 12.6. The summed E-state index contributed by atoms with van der Waals surface area (Å²) in [7, 11) is 0. The highest BCUT2D eigenvalue weighted by Gasteiger charge is 2.16. The normalized spacial score (nSPS) is 11.2. The SMILES string of the molecule is c1ccc(-c2ccc(N(c3ccc(-c4cc(-c5ccccc5)cc(-c5ccccc5)c4)cc3)c3ccc4c(c3)sc3ccccc34)cc2)cc1. The molecule has 1 aromatic heterocycles. The molecule has 9 aromatic rings. The van der Waals surface area contributed by atoms with Gasteiger partial charge in [-0.15, -0.1) is 11.3 Å². The van der Waals surface area contributed by atoms with Crippen LogP contribution < -0.4 is 4.90 Å². The lowest BCUT2D eigenvalue weighted by atomic mass is 9.93. The average molecular weight is 656 g/mol. The van der Waals surface area contributed by atoms with Gasteiger partial charge in [0.25, 0.3) is 0 Å². The molecule has 236 valence electrons. The number of nitrogens with zero attached hydrogens (tertiary/aromatic N) is 1. The van der Waals surface area contributed by atoms with Crippen molar-refractivity contribution in [3.05, 3.63) is 200 Å². The number of fused-ring (bicyclic) bond motifs is 3. The molecule has 0 aliphatic carbocycles. The third-order valence-corrected chi connectivity index (χ3v) is 10.6. The maximum Gasteiger partial charge on any atom is 0.0476 e. The quantitative estimate of drug-likeness (QED) is 0.165. The molecule has 1 heterocycles. The number of hydrogen-bond donors (Lipinski definition) is 0. The van der Waals surface area contributed by atoms with E-state index in [4.69, 9.17) is 0 Å². The van der Waals surface area contributed by atoms with Crippen molar-refractivity contribution in [2.24, 2.45) is 0 Å². The Bertz CT molecular complexity index is 2490. The van der Waals surface area contributed by atoms with E-state index in [0.29, 0.717) is 0 Å². The second-order valence-corrected chi connectivity index (χ2v) is 13.7. The molecule has 0 N–H and O–H groups in total. The minimum atomic E-state index is 1.11. The largest absolute Gasteiger partial charge is 0.310 e. The van der Waals surface area contributed by atoms with Gasteiger partial charge in [0.15, 0.2) is 0 Å². The van der Waals surface area contributed by atoms with E-state index in [0.717, 1.165) is 17.1 Å². The van der Waals surface area contributed by atoms with E-state index >= 15 is 0 Å². The molecular formula is C48H33NS. The van der Waals surface area contributed by atoms with Crippen molar-refractivity contribution < 1.29 is 0 Å². The van der Waals surface area contributed by atoms with Crippen molar-refractivity contribution in [2.45, 2.75) is 0 Å².